The number of ether oxygens (including phenoxy) is 2. The summed E-state index contributed by atoms with van der Waals surface area (Å²) in [4.78, 5) is 16.6. The fourth-order valence-corrected chi connectivity index (χ4v) is 6.80. The molecule has 0 bridgehead atoms. The highest BCUT2D eigenvalue weighted by Gasteiger charge is 2.89. The first-order chi connectivity index (χ1) is 19.7. The zero-order chi connectivity index (χ0) is 30.5. The van der Waals surface area contributed by atoms with Crippen molar-refractivity contribution in [3.05, 3.63) is 54.5 Å². The molecular formula is C27H35FN5O8P. The van der Waals surface area contributed by atoms with E-state index in [1.165, 1.54) is 29.9 Å². The van der Waals surface area contributed by atoms with E-state index >= 15 is 0 Å². The molecule has 3 heterocycles. The van der Waals surface area contributed by atoms with E-state index in [0.29, 0.717) is 11.9 Å². The van der Waals surface area contributed by atoms with Crippen LogP contribution in [0.25, 0.3) is 5.52 Å². The van der Waals surface area contributed by atoms with Gasteiger partial charge >= 0.3 is 13.7 Å². The second kappa shape index (κ2) is 10.9. The first-order valence-electron chi connectivity index (χ1n) is 13.4. The molecule has 13 nitrogen and oxygen atoms in total. The fourth-order valence-electron chi connectivity index (χ4n) is 5.06. The van der Waals surface area contributed by atoms with Gasteiger partial charge in [0.25, 0.3) is 0 Å². The predicted octanol–water partition coefficient (Wildman–Crippen LogP) is 2.73. The molecule has 2 aromatic heterocycles. The lowest BCUT2D eigenvalue weighted by atomic mass is 9.93. The van der Waals surface area contributed by atoms with E-state index in [4.69, 9.17) is 24.3 Å². The Bertz CT molecular complexity index is 1500. The monoisotopic (exact) mass is 607 g/mol. The van der Waals surface area contributed by atoms with Gasteiger partial charge in [0.2, 0.25) is 0 Å². The van der Waals surface area contributed by atoms with Crippen molar-refractivity contribution in [2.75, 3.05) is 19.0 Å². The number of nitrogens with one attached hydrogen (secondary N) is 1. The molecule has 228 valence electrons. The van der Waals surface area contributed by atoms with Gasteiger partial charge in [-0.1, -0.05) is 39.0 Å². The van der Waals surface area contributed by atoms with Crippen LogP contribution in [0.2, 0.25) is 0 Å². The maximum absolute atomic E-state index is 14.7. The van der Waals surface area contributed by atoms with Crippen molar-refractivity contribution in [2.24, 2.45) is 5.41 Å². The van der Waals surface area contributed by atoms with Gasteiger partial charge in [-0.3, -0.25) is 9.32 Å². The van der Waals surface area contributed by atoms with Crippen LogP contribution in [0.15, 0.2) is 48.8 Å². The highest BCUT2D eigenvalue weighted by molar-refractivity contribution is 7.52. The summed E-state index contributed by atoms with van der Waals surface area (Å²) in [7, 11) is -4.52. The smallest absolute Gasteiger partial charge is 0.459 e. The number of hydrogen-bond acceptors (Lipinski definition) is 11. The number of carbonyl (C=O) groups is 1. The standard InChI is InChI=1S/C27H35FN5O8P/c1-16(23(35)38-13-12-25(2,3)4)32-42(37,40-17-8-6-5-7-9-17)41-24-26(14-28)27(24,36)21(34)20(39-26)18-10-11-19-22(29)30-15-31-33(18)19/h5-11,15-16,20-21,24,34,36H,12-14H2,1-4H3,(H,32,37)(H2,29,30,31)/t16-,20-,21-,24?,26+,27+,42-/m0/s1. The van der Waals surface area contributed by atoms with Crippen LogP contribution in [-0.4, -0.2) is 73.5 Å². The number of alkyl halides is 1. The SMILES string of the molecule is C[C@H](N[P@](=O)(Oc1ccccc1)OC1[C@@]2(CF)O[C@@H](c3ccc4c(N)ncnn34)[C@H](O)[C@@]12O)C(=O)OCCC(C)(C)C. The van der Waals surface area contributed by atoms with Crippen molar-refractivity contribution in [1.82, 2.24) is 19.7 Å². The van der Waals surface area contributed by atoms with Gasteiger partial charge in [0.05, 0.1) is 12.3 Å². The minimum Gasteiger partial charge on any atom is -0.465 e. The number of nitrogens with zero attached hydrogens (tertiary/aromatic N) is 3. The number of halogens is 1. The molecule has 1 aromatic carbocycles. The number of aromatic nitrogens is 3. The maximum atomic E-state index is 14.7. The summed E-state index contributed by atoms with van der Waals surface area (Å²) in [6.07, 6.45) is -2.78. The molecule has 0 amide bonds. The number of nitrogen functional groups attached to an aromatic ring is 1. The highest BCUT2D eigenvalue weighted by atomic mass is 31.2. The molecule has 1 saturated carbocycles. The normalized spacial score (nSPS) is 29.1. The van der Waals surface area contributed by atoms with E-state index in [2.05, 4.69) is 15.2 Å². The molecule has 1 saturated heterocycles. The molecule has 2 aliphatic rings. The molecule has 5 N–H and O–H groups in total. The fraction of sp³-hybridized carbons (Fsp3) is 0.519. The Labute approximate surface area is 241 Å². The number of carbonyl (C=O) groups excluding carboxylic acids is 1. The molecule has 1 unspecified atom stereocenters. The average Bonchev–Trinajstić information content (AvgIpc) is 3.19. The lowest BCUT2D eigenvalue weighted by Gasteiger charge is -2.27. The van der Waals surface area contributed by atoms with E-state index in [0.717, 1.165) is 0 Å². The summed E-state index contributed by atoms with van der Waals surface area (Å²) < 4.78 is 52.7. The lowest BCUT2D eigenvalue weighted by Crippen LogP contribution is -2.38. The van der Waals surface area contributed by atoms with Gasteiger partial charge in [0.15, 0.2) is 17.0 Å². The average molecular weight is 608 g/mol. The Morgan fingerprint density at radius 1 is 1.29 bits per heavy atom. The summed E-state index contributed by atoms with van der Waals surface area (Å²) in [6.45, 7) is 6.25. The Morgan fingerprint density at radius 3 is 2.64 bits per heavy atom. The molecule has 42 heavy (non-hydrogen) atoms. The van der Waals surface area contributed by atoms with Gasteiger partial charge in [-0.15, -0.1) is 0 Å². The quantitative estimate of drug-likeness (QED) is 0.185. The van der Waals surface area contributed by atoms with E-state index in [1.807, 2.05) is 20.8 Å². The van der Waals surface area contributed by atoms with Crippen molar-refractivity contribution in [3.63, 3.8) is 0 Å². The van der Waals surface area contributed by atoms with Crippen molar-refractivity contribution in [3.8, 4) is 5.75 Å². The summed E-state index contributed by atoms with van der Waals surface area (Å²) in [5.74, 6) is -0.428. The highest BCUT2D eigenvalue weighted by Crippen LogP contribution is 2.68. The Balaban J connectivity index is 1.37. The number of nitrogens with two attached hydrogens (primary N) is 1. The molecule has 0 spiro atoms. The molecule has 3 aromatic rings. The number of aliphatic hydroxyl groups is 2. The minimum atomic E-state index is -4.52. The predicted molar refractivity (Wildman–Crippen MR) is 148 cm³/mol. The third-order valence-corrected chi connectivity index (χ3v) is 9.15. The van der Waals surface area contributed by atoms with Gasteiger partial charge in [0, 0.05) is 0 Å². The summed E-state index contributed by atoms with van der Waals surface area (Å²) in [6, 6.07) is 9.95. The minimum absolute atomic E-state index is 0.0724. The van der Waals surface area contributed by atoms with Crippen molar-refractivity contribution >= 4 is 25.1 Å². The largest absolute Gasteiger partial charge is 0.465 e. The Kier molecular flexibility index (Phi) is 7.84. The number of rotatable bonds is 11. The van der Waals surface area contributed by atoms with E-state index in [1.54, 1.807) is 30.3 Å². The zero-order valence-corrected chi connectivity index (χ0v) is 24.5. The van der Waals surface area contributed by atoms with Crippen LogP contribution >= 0.6 is 7.75 Å². The number of fused-ring (bicyclic) bond motifs is 2. The molecule has 7 atom stereocenters. The summed E-state index contributed by atoms with van der Waals surface area (Å²) in [5.41, 5.74) is 2.12. The van der Waals surface area contributed by atoms with Crippen LogP contribution in [0.4, 0.5) is 10.2 Å². The van der Waals surface area contributed by atoms with Crippen molar-refractivity contribution in [2.45, 2.75) is 69.7 Å². The van der Waals surface area contributed by atoms with Crippen LogP contribution in [0.5, 0.6) is 5.75 Å². The molecule has 5 rings (SSSR count). The first-order valence-corrected chi connectivity index (χ1v) is 15.0. The van der Waals surface area contributed by atoms with Crippen LogP contribution in [0.3, 0.4) is 0 Å². The van der Waals surface area contributed by atoms with Gasteiger partial charge < -0.3 is 29.9 Å². The number of hydrogen-bond donors (Lipinski definition) is 4. The third-order valence-electron chi connectivity index (χ3n) is 7.51. The Morgan fingerprint density at radius 2 is 2.00 bits per heavy atom. The molecule has 15 heteroatoms. The second-order valence-electron chi connectivity index (χ2n) is 11.7. The molecule has 0 radical (unpaired) electrons. The van der Waals surface area contributed by atoms with Crippen LogP contribution in [0, 0.1) is 5.41 Å². The summed E-state index contributed by atoms with van der Waals surface area (Å²) in [5, 5.41) is 29.3. The van der Waals surface area contributed by atoms with Crippen molar-refractivity contribution < 1.29 is 42.5 Å². The van der Waals surface area contributed by atoms with Crippen LogP contribution in [-0.2, 0) is 23.4 Å². The van der Waals surface area contributed by atoms with Crippen LogP contribution < -0.4 is 15.3 Å². The molecule has 1 aliphatic carbocycles. The lowest BCUT2D eigenvalue weighted by molar-refractivity contribution is -0.146. The second-order valence-corrected chi connectivity index (χ2v) is 13.4. The van der Waals surface area contributed by atoms with Crippen molar-refractivity contribution in [1.29, 1.82) is 0 Å². The van der Waals surface area contributed by atoms with E-state index < -0.39 is 55.9 Å². The zero-order valence-electron chi connectivity index (χ0n) is 23.6. The number of anilines is 1. The van der Waals surface area contributed by atoms with Gasteiger partial charge in [0.1, 0.15) is 48.6 Å². The number of para-hydroxylation sites is 1. The third kappa shape index (κ3) is 5.27. The molecule has 2 fully saturated rings. The van der Waals surface area contributed by atoms with Gasteiger partial charge in [-0.05, 0) is 43.0 Å². The first kappa shape index (κ1) is 30.3. The summed E-state index contributed by atoms with van der Waals surface area (Å²) >= 11 is 0. The number of benzene rings is 1. The van der Waals surface area contributed by atoms with Gasteiger partial charge in [-0.25, -0.2) is 18.5 Å². The maximum Gasteiger partial charge on any atom is 0.459 e. The van der Waals surface area contributed by atoms with Gasteiger partial charge in [-0.2, -0.15) is 10.2 Å². The topological polar surface area (TPSA) is 180 Å². The Hall–Kier alpha value is -3.13. The number of aliphatic hydroxyl groups excluding tert-OH is 1. The molecule has 1 aliphatic heterocycles. The van der Waals surface area contributed by atoms with E-state index in [-0.39, 0.29) is 29.3 Å². The molecular weight excluding hydrogens is 572 g/mol. The number of esters is 1. The van der Waals surface area contributed by atoms with Crippen LogP contribution in [0.1, 0.15) is 45.9 Å². The van der Waals surface area contributed by atoms with E-state index in [9.17, 15) is 24.0 Å².